The molecule has 0 fully saturated rings. The van der Waals surface area contributed by atoms with Crippen molar-refractivity contribution in [3.8, 4) is 0 Å². The summed E-state index contributed by atoms with van der Waals surface area (Å²) in [6.45, 7) is 4.25. The smallest absolute Gasteiger partial charge is 0.123 e. The number of fused-ring (bicyclic) bond motifs is 1. The van der Waals surface area contributed by atoms with Crippen LogP contribution in [0.15, 0.2) is 36.4 Å². The fourth-order valence-electron chi connectivity index (χ4n) is 2.76. The summed E-state index contributed by atoms with van der Waals surface area (Å²) < 4.78 is 12.9. The van der Waals surface area contributed by atoms with E-state index in [4.69, 9.17) is 0 Å². The van der Waals surface area contributed by atoms with E-state index in [0.717, 1.165) is 12.0 Å². The first-order valence-corrected chi connectivity index (χ1v) is 6.25. The molecule has 1 aliphatic heterocycles. The highest BCUT2D eigenvalue weighted by Gasteiger charge is 2.23. The van der Waals surface area contributed by atoms with Crippen molar-refractivity contribution in [2.75, 3.05) is 5.32 Å². The van der Waals surface area contributed by atoms with E-state index in [2.05, 4.69) is 31.3 Å². The van der Waals surface area contributed by atoms with Crippen molar-refractivity contribution in [3.63, 3.8) is 0 Å². The van der Waals surface area contributed by atoms with Gasteiger partial charge in [-0.15, -0.1) is 0 Å². The van der Waals surface area contributed by atoms with Gasteiger partial charge in [-0.2, -0.15) is 0 Å². The van der Waals surface area contributed by atoms with Gasteiger partial charge in [-0.25, -0.2) is 4.39 Å². The standard InChI is InChI=1S/C16H16FN/c1-10-7-11(2)16-13(8-10)9-15(18-16)12-3-5-14(17)6-4-12/h3-8,15,18H,9H2,1-2H3. The number of benzene rings is 2. The van der Waals surface area contributed by atoms with E-state index in [1.54, 1.807) is 0 Å². The molecule has 1 N–H and O–H groups in total. The molecule has 18 heavy (non-hydrogen) atoms. The molecule has 2 heteroatoms. The van der Waals surface area contributed by atoms with Gasteiger partial charge in [-0.05, 0) is 49.1 Å². The van der Waals surface area contributed by atoms with E-state index < -0.39 is 0 Å². The maximum atomic E-state index is 12.9. The van der Waals surface area contributed by atoms with Crippen molar-refractivity contribution in [1.29, 1.82) is 0 Å². The van der Waals surface area contributed by atoms with Crippen LogP contribution in [0, 0.1) is 19.7 Å². The molecule has 0 aliphatic carbocycles. The molecule has 0 aromatic heterocycles. The fraction of sp³-hybridized carbons (Fsp3) is 0.250. The average Bonchev–Trinajstić information content (AvgIpc) is 2.74. The van der Waals surface area contributed by atoms with E-state index in [-0.39, 0.29) is 11.9 Å². The predicted molar refractivity (Wildman–Crippen MR) is 72.4 cm³/mol. The molecule has 1 unspecified atom stereocenters. The van der Waals surface area contributed by atoms with E-state index in [0.29, 0.717) is 0 Å². The van der Waals surface area contributed by atoms with Crippen molar-refractivity contribution >= 4 is 5.69 Å². The number of hydrogen-bond donors (Lipinski definition) is 1. The highest BCUT2D eigenvalue weighted by molar-refractivity contribution is 5.64. The molecule has 3 rings (SSSR count). The zero-order valence-electron chi connectivity index (χ0n) is 10.6. The monoisotopic (exact) mass is 241 g/mol. The third-order valence-electron chi connectivity index (χ3n) is 3.58. The van der Waals surface area contributed by atoms with Gasteiger partial charge in [0.05, 0.1) is 6.04 Å². The van der Waals surface area contributed by atoms with Crippen molar-refractivity contribution in [3.05, 3.63) is 64.5 Å². The lowest BCUT2D eigenvalue weighted by Crippen LogP contribution is -2.05. The Hall–Kier alpha value is -1.83. The Morgan fingerprint density at radius 3 is 2.56 bits per heavy atom. The Labute approximate surface area is 107 Å². The summed E-state index contributed by atoms with van der Waals surface area (Å²) in [5.41, 5.74) is 6.34. The minimum atomic E-state index is -0.179. The molecule has 0 radical (unpaired) electrons. The van der Waals surface area contributed by atoms with E-state index in [1.165, 1.54) is 34.5 Å². The second-order valence-electron chi connectivity index (χ2n) is 5.07. The van der Waals surface area contributed by atoms with Gasteiger partial charge in [0.2, 0.25) is 0 Å². The van der Waals surface area contributed by atoms with Crippen LogP contribution in [-0.4, -0.2) is 0 Å². The third-order valence-corrected chi connectivity index (χ3v) is 3.58. The zero-order chi connectivity index (χ0) is 12.7. The highest BCUT2D eigenvalue weighted by atomic mass is 19.1. The van der Waals surface area contributed by atoms with Crippen molar-refractivity contribution < 1.29 is 4.39 Å². The summed E-state index contributed by atoms with van der Waals surface area (Å²) in [6.07, 6.45) is 0.976. The maximum Gasteiger partial charge on any atom is 0.123 e. The first-order valence-electron chi connectivity index (χ1n) is 6.25. The summed E-state index contributed by atoms with van der Waals surface area (Å²) >= 11 is 0. The molecule has 2 aromatic rings. The Morgan fingerprint density at radius 2 is 1.83 bits per heavy atom. The molecule has 2 aromatic carbocycles. The molecular weight excluding hydrogens is 225 g/mol. The summed E-state index contributed by atoms with van der Waals surface area (Å²) in [6, 6.07) is 11.5. The van der Waals surface area contributed by atoms with Gasteiger partial charge in [-0.1, -0.05) is 29.8 Å². The average molecular weight is 241 g/mol. The second kappa shape index (κ2) is 4.13. The van der Waals surface area contributed by atoms with Crippen molar-refractivity contribution in [2.24, 2.45) is 0 Å². The molecule has 0 bridgehead atoms. The highest BCUT2D eigenvalue weighted by Crippen LogP contribution is 2.37. The minimum absolute atomic E-state index is 0.179. The minimum Gasteiger partial charge on any atom is -0.377 e. The third kappa shape index (κ3) is 1.88. The predicted octanol–water partition coefficient (Wildman–Crippen LogP) is 4.15. The summed E-state index contributed by atoms with van der Waals surface area (Å²) in [4.78, 5) is 0. The molecule has 1 atom stereocenters. The molecule has 1 aliphatic rings. The van der Waals surface area contributed by atoms with Crippen LogP contribution in [0.1, 0.15) is 28.3 Å². The van der Waals surface area contributed by atoms with Crippen LogP contribution in [0.25, 0.3) is 0 Å². The van der Waals surface area contributed by atoms with Gasteiger partial charge in [-0.3, -0.25) is 0 Å². The van der Waals surface area contributed by atoms with Crippen LogP contribution in [0.2, 0.25) is 0 Å². The van der Waals surface area contributed by atoms with Crippen molar-refractivity contribution in [1.82, 2.24) is 0 Å². The SMILES string of the molecule is Cc1cc(C)c2c(c1)CC(c1ccc(F)cc1)N2. The second-order valence-corrected chi connectivity index (χ2v) is 5.07. The van der Waals surface area contributed by atoms with Gasteiger partial charge < -0.3 is 5.32 Å². The van der Waals surface area contributed by atoms with Crippen LogP contribution < -0.4 is 5.32 Å². The Kier molecular flexibility index (Phi) is 2.58. The topological polar surface area (TPSA) is 12.0 Å². The number of aryl methyl sites for hydroxylation is 2. The Balaban J connectivity index is 1.93. The normalized spacial score (nSPS) is 17.4. The van der Waals surface area contributed by atoms with Crippen LogP contribution in [0.5, 0.6) is 0 Å². The number of halogens is 1. The number of nitrogens with one attached hydrogen (secondary N) is 1. The molecule has 0 amide bonds. The quantitative estimate of drug-likeness (QED) is 0.790. The van der Waals surface area contributed by atoms with Gasteiger partial charge >= 0.3 is 0 Å². The zero-order valence-corrected chi connectivity index (χ0v) is 10.6. The summed E-state index contributed by atoms with van der Waals surface area (Å²) in [5.74, 6) is -0.179. The van der Waals surface area contributed by atoms with Crippen LogP contribution >= 0.6 is 0 Å². The first kappa shape index (κ1) is 11.3. The van der Waals surface area contributed by atoms with E-state index in [9.17, 15) is 4.39 Å². The molecular formula is C16H16FN. The fourth-order valence-corrected chi connectivity index (χ4v) is 2.76. The summed E-state index contributed by atoms with van der Waals surface area (Å²) in [7, 11) is 0. The molecule has 1 nitrogen and oxygen atoms in total. The lowest BCUT2D eigenvalue weighted by Gasteiger charge is -2.12. The lowest BCUT2D eigenvalue weighted by atomic mass is 10.0. The number of anilines is 1. The molecule has 0 saturated heterocycles. The number of hydrogen-bond acceptors (Lipinski definition) is 1. The molecule has 92 valence electrons. The maximum absolute atomic E-state index is 12.9. The molecule has 0 saturated carbocycles. The number of rotatable bonds is 1. The van der Waals surface area contributed by atoms with Gasteiger partial charge in [0, 0.05) is 5.69 Å². The van der Waals surface area contributed by atoms with Crippen LogP contribution in [0.4, 0.5) is 10.1 Å². The lowest BCUT2D eigenvalue weighted by molar-refractivity contribution is 0.626. The molecule has 0 spiro atoms. The van der Waals surface area contributed by atoms with Gasteiger partial charge in [0.25, 0.3) is 0 Å². The van der Waals surface area contributed by atoms with E-state index in [1.807, 2.05) is 12.1 Å². The van der Waals surface area contributed by atoms with Gasteiger partial charge in [0.15, 0.2) is 0 Å². The van der Waals surface area contributed by atoms with Crippen LogP contribution in [-0.2, 0) is 6.42 Å². The first-order chi connectivity index (χ1) is 8.63. The van der Waals surface area contributed by atoms with Crippen molar-refractivity contribution in [2.45, 2.75) is 26.3 Å². The van der Waals surface area contributed by atoms with Gasteiger partial charge in [0.1, 0.15) is 5.82 Å². The Morgan fingerprint density at radius 1 is 1.11 bits per heavy atom. The Bertz CT molecular complexity index is 587. The van der Waals surface area contributed by atoms with E-state index >= 15 is 0 Å². The molecule has 1 heterocycles. The van der Waals surface area contributed by atoms with Crippen LogP contribution in [0.3, 0.4) is 0 Å². The largest absolute Gasteiger partial charge is 0.377 e. The summed E-state index contributed by atoms with van der Waals surface area (Å²) in [5, 5.41) is 3.54.